The topological polar surface area (TPSA) is 78.5 Å². The van der Waals surface area contributed by atoms with Gasteiger partial charge in [0, 0.05) is 6.54 Å². The molecule has 0 spiro atoms. The number of hydrogen-bond donors (Lipinski definition) is 2. The van der Waals surface area contributed by atoms with Crippen LogP contribution in [0.3, 0.4) is 0 Å². The first-order valence-electron chi connectivity index (χ1n) is 11.2. The number of aryl methyl sites for hydroxylation is 2. The maximum absolute atomic E-state index is 13.7. The van der Waals surface area contributed by atoms with E-state index in [1.54, 1.807) is 0 Å². The first-order valence-corrected chi connectivity index (χ1v) is 11.2. The summed E-state index contributed by atoms with van der Waals surface area (Å²) >= 11 is 0. The van der Waals surface area contributed by atoms with Gasteiger partial charge in [-0.3, -0.25) is 14.5 Å². The zero-order valence-corrected chi connectivity index (χ0v) is 20.4. The SMILES string of the molecule is Cc1cc(C(C)(C)C)cc(C)c1CCNC(=O)CN1C(=O)NC(C)(c2ccc(F)c(F)c2)C1=O. The number of halogens is 2. The lowest BCUT2D eigenvalue weighted by Crippen LogP contribution is -2.43. The van der Waals surface area contributed by atoms with Gasteiger partial charge in [-0.2, -0.15) is 0 Å². The predicted molar refractivity (Wildman–Crippen MR) is 125 cm³/mol. The molecule has 182 valence electrons. The Hall–Kier alpha value is -3.29. The summed E-state index contributed by atoms with van der Waals surface area (Å²) in [6, 6.07) is 6.55. The van der Waals surface area contributed by atoms with Crippen LogP contribution in [0, 0.1) is 25.5 Å². The first-order chi connectivity index (χ1) is 15.7. The highest BCUT2D eigenvalue weighted by Crippen LogP contribution is 2.30. The summed E-state index contributed by atoms with van der Waals surface area (Å²) in [5.41, 5.74) is 3.24. The average molecular weight is 472 g/mol. The molecule has 2 aromatic rings. The second-order valence-corrected chi connectivity index (χ2v) is 10.0. The van der Waals surface area contributed by atoms with E-state index >= 15 is 0 Å². The molecule has 0 radical (unpaired) electrons. The monoisotopic (exact) mass is 471 g/mol. The van der Waals surface area contributed by atoms with Crippen molar-refractivity contribution in [3.8, 4) is 0 Å². The van der Waals surface area contributed by atoms with E-state index in [-0.39, 0.29) is 11.0 Å². The van der Waals surface area contributed by atoms with Gasteiger partial charge < -0.3 is 10.6 Å². The highest BCUT2D eigenvalue weighted by Gasteiger charge is 2.49. The predicted octanol–water partition coefficient (Wildman–Crippen LogP) is 4.01. The number of hydrogen-bond acceptors (Lipinski definition) is 3. The van der Waals surface area contributed by atoms with Crippen molar-refractivity contribution >= 4 is 17.8 Å². The summed E-state index contributed by atoms with van der Waals surface area (Å²) in [6.07, 6.45) is 0.612. The minimum absolute atomic E-state index is 0.0410. The van der Waals surface area contributed by atoms with Crippen molar-refractivity contribution in [2.45, 2.75) is 58.9 Å². The fourth-order valence-corrected chi connectivity index (χ4v) is 4.19. The molecule has 1 atom stereocenters. The molecule has 1 fully saturated rings. The van der Waals surface area contributed by atoms with Gasteiger partial charge in [-0.15, -0.1) is 0 Å². The molecule has 34 heavy (non-hydrogen) atoms. The molecule has 0 saturated carbocycles. The molecule has 6 nitrogen and oxygen atoms in total. The van der Waals surface area contributed by atoms with E-state index in [2.05, 4.69) is 43.5 Å². The summed E-state index contributed by atoms with van der Waals surface area (Å²) in [6.45, 7) is 11.9. The van der Waals surface area contributed by atoms with Crippen molar-refractivity contribution in [2.24, 2.45) is 0 Å². The average Bonchev–Trinajstić information content (AvgIpc) is 2.95. The zero-order chi connectivity index (χ0) is 25.4. The van der Waals surface area contributed by atoms with Crippen LogP contribution in [-0.2, 0) is 27.0 Å². The van der Waals surface area contributed by atoms with E-state index in [1.165, 1.54) is 18.6 Å². The van der Waals surface area contributed by atoms with E-state index in [9.17, 15) is 23.2 Å². The number of rotatable bonds is 6. The quantitative estimate of drug-likeness (QED) is 0.625. The third-order valence-electron chi connectivity index (χ3n) is 6.33. The van der Waals surface area contributed by atoms with Crippen molar-refractivity contribution in [2.75, 3.05) is 13.1 Å². The van der Waals surface area contributed by atoms with Crippen LogP contribution in [0.2, 0.25) is 0 Å². The molecule has 1 heterocycles. The number of benzene rings is 2. The number of nitrogens with one attached hydrogen (secondary N) is 2. The number of nitrogens with zero attached hydrogens (tertiary/aromatic N) is 1. The van der Waals surface area contributed by atoms with Crippen molar-refractivity contribution in [1.29, 1.82) is 0 Å². The molecule has 1 aliphatic heterocycles. The summed E-state index contributed by atoms with van der Waals surface area (Å²) < 4.78 is 27.0. The van der Waals surface area contributed by atoms with Gasteiger partial charge in [-0.05, 0) is 72.6 Å². The smallest absolute Gasteiger partial charge is 0.325 e. The van der Waals surface area contributed by atoms with Gasteiger partial charge in [-0.1, -0.05) is 39.0 Å². The van der Waals surface area contributed by atoms with Crippen molar-refractivity contribution in [3.63, 3.8) is 0 Å². The Labute approximate surface area is 198 Å². The lowest BCUT2D eigenvalue weighted by atomic mass is 9.83. The van der Waals surface area contributed by atoms with Gasteiger partial charge in [0.05, 0.1) is 0 Å². The second-order valence-electron chi connectivity index (χ2n) is 10.0. The molecule has 1 unspecified atom stereocenters. The standard InChI is InChI=1S/C26H31F2N3O3/c1-15-11-18(25(3,4)5)12-16(2)19(15)9-10-29-22(32)14-31-23(33)26(6,30-24(31)34)17-7-8-20(27)21(28)13-17/h7-8,11-13H,9-10,14H2,1-6H3,(H,29,32)(H,30,34). The third kappa shape index (κ3) is 4.95. The molecule has 0 bridgehead atoms. The molecular formula is C26H31F2N3O3. The van der Waals surface area contributed by atoms with Crippen LogP contribution in [0.5, 0.6) is 0 Å². The molecule has 2 N–H and O–H groups in total. The van der Waals surface area contributed by atoms with Crippen LogP contribution >= 0.6 is 0 Å². The molecule has 2 aromatic carbocycles. The van der Waals surface area contributed by atoms with Gasteiger partial charge in [0.15, 0.2) is 11.6 Å². The summed E-state index contributed by atoms with van der Waals surface area (Å²) in [5.74, 6) is -3.38. The van der Waals surface area contributed by atoms with Crippen LogP contribution < -0.4 is 10.6 Å². The van der Waals surface area contributed by atoms with Crippen LogP contribution in [0.4, 0.5) is 13.6 Å². The Balaban J connectivity index is 1.63. The number of carbonyl (C=O) groups excluding carboxylic acids is 3. The third-order valence-corrected chi connectivity index (χ3v) is 6.33. The zero-order valence-electron chi connectivity index (χ0n) is 20.4. The minimum atomic E-state index is -1.59. The molecule has 4 amide bonds. The maximum atomic E-state index is 13.7. The Kier molecular flexibility index (Phi) is 6.82. The van der Waals surface area contributed by atoms with E-state index in [0.29, 0.717) is 13.0 Å². The first kappa shape index (κ1) is 25.3. The Morgan fingerprint density at radius 3 is 2.24 bits per heavy atom. The minimum Gasteiger partial charge on any atom is -0.354 e. The largest absolute Gasteiger partial charge is 0.354 e. The molecule has 1 aliphatic rings. The van der Waals surface area contributed by atoms with E-state index < -0.39 is 41.6 Å². The Bertz CT molecular complexity index is 1130. The van der Waals surface area contributed by atoms with Gasteiger partial charge >= 0.3 is 6.03 Å². The Morgan fingerprint density at radius 1 is 1.06 bits per heavy atom. The lowest BCUT2D eigenvalue weighted by molar-refractivity contribution is -0.134. The Morgan fingerprint density at radius 2 is 1.68 bits per heavy atom. The number of amides is 4. The number of imide groups is 1. The van der Waals surface area contributed by atoms with E-state index in [4.69, 9.17) is 0 Å². The summed E-state index contributed by atoms with van der Waals surface area (Å²) in [7, 11) is 0. The lowest BCUT2D eigenvalue weighted by Gasteiger charge is -2.23. The van der Waals surface area contributed by atoms with E-state index in [1.807, 2.05) is 13.8 Å². The van der Waals surface area contributed by atoms with Gasteiger partial charge in [-0.25, -0.2) is 13.6 Å². The van der Waals surface area contributed by atoms with Crippen LogP contribution in [0.25, 0.3) is 0 Å². The fraction of sp³-hybridized carbons (Fsp3) is 0.423. The van der Waals surface area contributed by atoms with Crippen LogP contribution in [0.15, 0.2) is 30.3 Å². The summed E-state index contributed by atoms with van der Waals surface area (Å²) in [5, 5.41) is 5.24. The highest BCUT2D eigenvalue weighted by atomic mass is 19.2. The second kappa shape index (κ2) is 9.16. The highest BCUT2D eigenvalue weighted by molar-refractivity contribution is 6.09. The van der Waals surface area contributed by atoms with Crippen LogP contribution in [-0.4, -0.2) is 35.8 Å². The van der Waals surface area contributed by atoms with Crippen LogP contribution in [0.1, 0.15) is 55.5 Å². The molecular weight excluding hydrogens is 440 g/mol. The fourth-order valence-electron chi connectivity index (χ4n) is 4.19. The van der Waals surface area contributed by atoms with Gasteiger partial charge in [0.2, 0.25) is 5.91 Å². The van der Waals surface area contributed by atoms with Gasteiger partial charge in [0.25, 0.3) is 5.91 Å². The number of urea groups is 1. The van der Waals surface area contributed by atoms with Gasteiger partial charge in [0.1, 0.15) is 12.1 Å². The molecule has 0 aliphatic carbocycles. The van der Waals surface area contributed by atoms with Crippen molar-refractivity contribution in [3.05, 3.63) is 69.8 Å². The normalized spacial score (nSPS) is 18.3. The molecule has 8 heteroatoms. The van der Waals surface area contributed by atoms with E-state index in [0.717, 1.165) is 33.7 Å². The number of carbonyl (C=O) groups is 3. The summed E-state index contributed by atoms with van der Waals surface area (Å²) in [4.78, 5) is 38.6. The maximum Gasteiger partial charge on any atom is 0.325 e. The molecule has 3 rings (SSSR count). The molecule has 0 aromatic heterocycles. The van der Waals surface area contributed by atoms with Crippen molar-refractivity contribution in [1.82, 2.24) is 15.5 Å². The molecule has 1 saturated heterocycles. The van der Waals surface area contributed by atoms with Crippen molar-refractivity contribution < 1.29 is 23.2 Å².